The summed E-state index contributed by atoms with van der Waals surface area (Å²) >= 11 is 3.48. The molecule has 1 amide bonds. The van der Waals surface area contributed by atoms with Crippen LogP contribution in [0.2, 0.25) is 0 Å². The Morgan fingerprint density at radius 1 is 1.33 bits per heavy atom. The third-order valence-corrected chi connectivity index (χ3v) is 4.32. The predicted molar refractivity (Wildman–Crippen MR) is 75.5 cm³/mol. The fourth-order valence-corrected chi connectivity index (χ4v) is 3.22. The van der Waals surface area contributed by atoms with Gasteiger partial charge in [0.1, 0.15) is 0 Å². The van der Waals surface area contributed by atoms with Gasteiger partial charge in [-0.15, -0.1) is 0 Å². The molecule has 0 saturated carbocycles. The summed E-state index contributed by atoms with van der Waals surface area (Å²) in [5, 5.41) is 0. The molecule has 0 aliphatic carbocycles. The summed E-state index contributed by atoms with van der Waals surface area (Å²) in [4.78, 5) is 16.0. The normalized spacial score (nSPS) is 23.4. The molecule has 96 valence electrons. The molecule has 2 aliphatic rings. The molecule has 18 heavy (non-hydrogen) atoms. The maximum Gasteiger partial charge on any atom is 0.223 e. The summed E-state index contributed by atoms with van der Waals surface area (Å²) in [6.07, 6.45) is 1.68. The number of fused-ring (bicyclic) bond motifs is 1. The quantitative estimate of drug-likeness (QED) is 0.805. The zero-order valence-electron chi connectivity index (χ0n) is 10.1. The van der Waals surface area contributed by atoms with Crippen molar-refractivity contribution in [1.82, 2.24) is 4.90 Å². The molecule has 2 heterocycles. The van der Waals surface area contributed by atoms with E-state index in [1.54, 1.807) is 0 Å². The van der Waals surface area contributed by atoms with Gasteiger partial charge in [0.15, 0.2) is 0 Å². The monoisotopic (exact) mass is 309 g/mol. The molecule has 2 N–H and O–H groups in total. The Bertz CT molecular complexity index is 491. The topological polar surface area (TPSA) is 49.6 Å². The average Bonchev–Trinajstić information content (AvgIpc) is 2.74. The van der Waals surface area contributed by atoms with Crippen molar-refractivity contribution in [2.24, 2.45) is 0 Å². The van der Waals surface area contributed by atoms with E-state index in [0.29, 0.717) is 18.4 Å². The van der Waals surface area contributed by atoms with E-state index in [2.05, 4.69) is 26.9 Å². The molecule has 0 spiro atoms. The summed E-state index contributed by atoms with van der Waals surface area (Å²) in [7, 11) is 0. The van der Waals surface area contributed by atoms with Crippen LogP contribution < -0.4 is 10.6 Å². The molecule has 2 fully saturated rings. The van der Waals surface area contributed by atoms with Gasteiger partial charge in [-0.25, -0.2) is 0 Å². The first-order chi connectivity index (χ1) is 8.65. The minimum absolute atomic E-state index is 0.307. The van der Waals surface area contributed by atoms with Gasteiger partial charge < -0.3 is 15.5 Å². The number of piperazine rings is 1. The van der Waals surface area contributed by atoms with Gasteiger partial charge in [-0.05, 0) is 24.6 Å². The fraction of sp³-hybridized carbons (Fsp3) is 0.462. The number of carbonyl (C=O) groups is 1. The van der Waals surface area contributed by atoms with Crippen LogP contribution in [-0.2, 0) is 4.79 Å². The van der Waals surface area contributed by atoms with Crippen molar-refractivity contribution in [3.8, 4) is 0 Å². The number of nitrogens with two attached hydrogens (primary N) is 1. The molecule has 1 atom stereocenters. The molecule has 0 aromatic heterocycles. The molecule has 1 aromatic rings. The zero-order chi connectivity index (χ0) is 12.7. The van der Waals surface area contributed by atoms with Gasteiger partial charge in [-0.3, -0.25) is 4.79 Å². The van der Waals surface area contributed by atoms with Crippen LogP contribution in [-0.4, -0.2) is 36.5 Å². The number of carbonyl (C=O) groups excluding carboxylic acids is 1. The first kappa shape index (κ1) is 11.8. The van der Waals surface area contributed by atoms with E-state index < -0.39 is 0 Å². The molecule has 4 nitrogen and oxygen atoms in total. The van der Waals surface area contributed by atoms with Crippen molar-refractivity contribution >= 4 is 33.2 Å². The smallest absolute Gasteiger partial charge is 0.223 e. The molecule has 0 radical (unpaired) electrons. The lowest BCUT2D eigenvalue weighted by Crippen LogP contribution is -2.51. The molecule has 1 aromatic carbocycles. The first-order valence-electron chi connectivity index (χ1n) is 6.24. The molecule has 2 saturated heterocycles. The van der Waals surface area contributed by atoms with Crippen LogP contribution in [0.1, 0.15) is 12.8 Å². The fourth-order valence-electron chi connectivity index (χ4n) is 2.87. The highest BCUT2D eigenvalue weighted by Crippen LogP contribution is 2.31. The summed E-state index contributed by atoms with van der Waals surface area (Å²) in [5.74, 6) is 0.307. The number of nitrogen functional groups attached to an aromatic ring is 1. The predicted octanol–water partition coefficient (Wildman–Crippen LogP) is 1.84. The minimum atomic E-state index is 0.307. The molecule has 3 rings (SSSR count). The molecule has 1 unspecified atom stereocenters. The maximum atomic E-state index is 11.6. The van der Waals surface area contributed by atoms with Crippen molar-refractivity contribution in [1.29, 1.82) is 0 Å². The Hall–Kier alpha value is -1.23. The molecule has 5 heteroatoms. The molecule has 2 aliphatic heterocycles. The van der Waals surface area contributed by atoms with E-state index in [4.69, 9.17) is 5.73 Å². The van der Waals surface area contributed by atoms with E-state index in [1.807, 2.05) is 17.0 Å². The second kappa shape index (κ2) is 4.46. The zero-order valence-corrected chi connectivity index (χ0v) is 11.7. The van der Waals surface area contributed by atoms with Gasteiger partial charge in [0.25, 0.3) is 0 Å². The Morgan fingerprint density at radius 2 is 2.17 bits per heavy atom. The van der Waals surface area contributed by atoms with E-state index in [1.165, 1.54) is 0 Å². The summed E-state index contributed by atoms with van der Waals surface area (Å²) < 4.78 is 1.04. The third kappa shape index (κ3) is 1.96. The number of benzene rings is 1. The number of hydrogen-bond donors (Lipinski definition) is 1. The van der Waals surface area contributed by atoms with Gasteiger partial charge in [-0.1, -0.05) is 15.9 Å². The van der Waals surface area contributed by atoms with E-state index in [-0.39, 0.29) is 0 Å². The third-order valence-electron chi connectivity index (χ3n) is 3.83. The lowest BCUT2D eigenvalue weighted by molar-refractivity contribution is -0.129. The first-order valence-corrected chi connectivity index (χ1v) is 7.04. The molecular weight excluding hydrogens is 294 g/mol. The van der Waals surface area contributed by atoms with Crippen LogP contribution in [0.5, 0.6) is 0 Å². The van der Waals surface area contributed by atoms with E-state index >= 15 is 0 Å². The van der Waals surface area contributed by atoms with Gasteiger partial charge in [0, 0.05) is 36.6 Å². The largest absolute Gasteiger partial charge is 0.397 e. The van der Waals surface area contributed by atoms with Crippen molar-refractivity contribution in [3.05, 3.63) is 22.7 Å². The maximum absolute atomic E-state index is 11.6. The van der Waals surface area contributed by atoms with Crippen LogP contribution in [0, 0.1) is 0 Å². The minimum Gasteiger partial charge on any atom is -0.397 e. The van der Waals surface area contributed by atoms with Crippen LogP contribution in [0.25, 0.3) is 0 Å². The van der Waals surface area contributed by atoms with E-state index in [9.17, 15) is 4.79 Å². The molecule has 0 bridgehead atoms. The van der Waals surface area contributed by atoms with Crippen molar-refractivity contribution in [2.45, 2.75) is 18.9 Å². The van der Waals surface area contributed by atoms with E-state index in [0.717, 1.165) is 41.9 Å². The highest BCUT2D eigenvalue weighted by molar-refractivity contribution is 9.10. The van der Waals surface area contributed by atoms with Crippen LogP contribution >= 0.6 is 15.9 Å². The number of anilines is 2. The number of rotatable bonds is 1. The average molecular weight is 310 g/mol. The highest BCUT2D eigenvalue weighted by Gasteiger charge is 2.35. The number of halogens is 1. The van der Waals surface area contributed by atoms with Gasteiger partial charge in [0.05, 0.1) is 11.4 Å². The lowest BCUT2D eigenvalue weighted by atomic mass is 10.1. The van der Waals surface area contributed by atoms with Crippen LogP contribution in [0.4, 0.5) is 11.4 Å². The number of hydrogen-bond acceptors (Lipinski definition) is 3. The van der Waals surface area contributed by atoms with Crippen molar-refractivity contribution in [2.75, 3.05) is 30.3 Å². The SMILES string of the molecule is Nc1ccc(Br)cc1N1CCN2C(=O)CCC2C1. The van der Waals surface area contributed by atoms with Gasteiger partial charge in [-0.2, -0.15) is 0 Å². The number of nitrogens with zero attached hydrogens (tertiary/aromatic N) is 2. The van der Waals surface area contributed by atoms with Crippen LogP contribution in [0.15, 0.2) is 22.7 Å². The Morgan fingerprint density at radius 3 is 3.00 bits per heavy atom. The second-order valence-electron chi connectivity index (χ2n) is 4.93. The summed E-state index contributed by atoms with van der Waals surface area (Å²) in [5.41, 5.74) is 7.92. The van der Waals surface area contributed by atoms with Crippen molar-refractivity contribution < 1.29 is 4.79 Å². The number of amides is 1. The standard InChI is InChI=1S/C13H16BrN3O/c14-9-1-3-11(15)12(7-9)16-5-6-17-10(8-16)2-4-13(17)18/h1,3,7,10H,2,4-6,8,15H2. The summed E-state index contributed by atoms with van der Waals surface area (Å²) in [6.45, 7) is 2.57. The Kier molecular flexibility index (Phi) is 2.93. The van der Waals surface area contributed by atoms with Gasteiger partial charge in [0.2, 0.25) is 5.91 Å². The van der Waals surface area contributed by atoms with Crippen molar-refractivity contribution in [3.63, 3.8) is 0 Å². The molecular formula is C13H16BrN3O. The Labute approximate surface area is 115 Å². The second-order valence-corrected chi connectivity index (χ2v) is 5.84. The highest BCUT2D eigenvalue weighted by atomic mass is 79.9. The lowest BCUT2D eigenvalue weighted by Gasteiger charge is -2.39. The van der Waals surface area contributed by atoms with Crippen LogP contribution in [0.3, 0.4) is 0 Å². The summed E-state index contributed by atoms with van der Waals surface area (Å²) in [6, 6.07) is 6.30. The van der Waals surface area contributed by atoms with Gasteiger partial charge >= 0.3 is 0 Å². The Balaban J connectivity index is 1.82.